The summed E-state index contributed by atoms with van der Waals surface area (Å²) < 4.78 is 19.1. The summed E-state index contributed by atoms with van der Waals surface area (Å²) in [7, 11) is 1.36. The second-order valence-corrected chi connectivity index (χ2v) is 8.23. The number of rotatable bonds is 5. The van der Waals surface area contributed by atoms with E-state index < -0.39 is 11.9 Å². The second kappa shape index (κ2) is 8.39. The first kappa shape index (κ1) is 21.1. The molecule has 1 aromatic rings. The van der Waals surface area contributed by atoms with Gasteiger partial charge < -0.3 is 19.9 Å². The van der Waals surface area contributed by atoms with E-state index in [0.29, 0.717) is 25.9 Å². The van der Waals surface area contributed by atoms with E-state index in [0.717, 1.165) is 6.07 Å². The van der Waals surface area contributed by atoms with Crippen LogP contribution in [0.3, 0.4) is 0 Å². The predicted octanol–water partition coefficient (Wildman–Crippen LogP) is 1.81. The average molecular weight is 405 g/mol. The maximum Gasteiger partial charge on any atom is 0.254 e. The summed E-state index contributed by atoms with van der Waals surface area (Å²) in [5.41, 5.74) is 0.190. The lowest BCUT2D eigenvalue weighted by Crippen LogP contribution is -2.61. The lowest BCUT2D eigenvalue weighted by molar-refractivity contribution is -0.142. The highest BCUT2D eigenvalue weighted by Crippen LogP contribution is 2.30. The van der Waals surface area contributed by atoms with Gasteiger partial charge in [-0.15, -0.1) is 0 Å². The van der Waals surface area contributed by atoms with E-state index in [4.69, 9.17) is 4.74 Å². The number of benzene rings is 1. The Bertz CT molecular complexity index is 813. The molecule has 0 radical (unpaired) electrons. The zero-order valence-electron chi connectivity index (χ0n) is 17.3. The van der Waals surface area contributed by atoms with Gasteiger partial charge in [-0.05, 0) is 37.0 Å². The Kier molecular flexibility index (Phi) is 6.10. The van der Waals surface area contributed by atoms with Crippen molar-refractivity contribution in [2.24, 2.45) is 5.92 Å². The molecule has 2 saturated heterocycles. The van der Waals surface area contributed by atoms with Crippen LogP contribution >= 0.6 is 0 Å². The van der Waals surface area contributed by atoms with Crippen LogP contribution in [0.5, 0.6) is 5.75 Å². The summed E-state index contributed by atoms with van der Waals surface area (Å²) in [6, 6.07) is 3.21. The van der Waals surface area contributed by atoms with Gasteiger partial charge in [0.25, 0.3) is 5.91 Å². The van der Waals surface area contributed by atoms with E-state index in [1.807, 2.05) is 13.8 Å². The Morgan fingerprint density at radius 2 is 2.03 bits per heavy atom. The molecule has 2 heterocycles. The number of hydrogen-bond acceptors (Lipinski definition) is 4. The molecule has 0 aromatic heterocycles. The molecule has 7 nitrogen and oxygen atoms in total. The van der Waals surface area contributed by atoms with Crippen LogP contribution in [0.1, 0.15) is 44.0 Å². The van der Waals surface area contributed by atoms with Crippen molar-refractivity contribution in [3.63, 3.8) is 0 Å². The highest BCUT2D eigenvalue weighted by atomic mass is 19.1. The van der Waals surface area contributed by atoms with Crippen LogP contribution in [-0.2, 0) is 9.59 Å². The molecule has 0 bridgehead atoms. The molecule has 8 heteroatoms. The summed E-state index contributed by atoms with van der Waals surface area (Å²) in [5, 5.41) is 2.87. The van der Waals surface area contributed by atoms with E-state index in [9.17, 15) is 18.8 Å². The van der Waals surface area contributed by atoms with Crippen molar-refractivity contribution >= 4 is 17.7 Å². The topological polar surface area (TPSA) is 79.0 Å². The van der Waals surface area contributed by atoms with E-state index in [2.05, 4.69) is 5.32 Å². The molecule has 3 unspecified atom stereocenters. The fraction of sp³-hybridized carbons (Fsp3) is 0.571. The first-order valence-corrected chi connectivity index (χ1v) is 9.93. The Hall–Kier alpha value is -2.64. The maximum atomic E-state index is 14.1. The summed E-state index contributed by atoms with van der Waals surface area (Å²) in [5.74, 6) is -0.955. The highest BCUT2D eigenvalue weighted by molar-refractivity contribution is 5.98. The number of hydrogen-bond donors (Lipinski definition) is 1. The van der Waals surface area contributed by atoms with Crippen LogP contribution in [0.4, 0.5) is 4.39 Å². The number of fused-ring (bicyclic) bond motifs is 1. The molecule has 29 heavy (non-hydrogen) atoms. The van der Waals surface area contributed by atoms with Crippen molar-refractivity contribution in [1.82, 2.24) is 15.1 Å². The fourth-order valence-electron chi connectivity index (χ4n) is 4.30. The number of ether oxygens (including phenoxy) is 1. The number of methoxy groups -OCH3 is 1. The third-order valence-corrected chi connectivity index (χ3v) is 5.53. The molecule has 0 spiro atoms. The van der Waals surface area contributed by atoms with Gasteiger partial charge >= 0.3 is 0 Å². The highest BCUT2D eigenvalue weighted by Gasteiger charge is 2.47. The fourth-order valence-corrected chi connectivity index (χ4v) is 4.30. The van der Waals surface area contributed by atoms with Gasteiger partial charge in [0.1, 0.15) is 6.04 Å². The molecule has 2 aliphatic rings. The molecule has 3 rings (SSSR count). The van der Waals surface area contributed by atoms with Gasteiger partial charge in [-0.25, -0.2) is 4.39 Å². The van der Waals surface area contributed by atoms with Gasteiger partial charge in [-0.3, -0.25) is 14.4 Å². The van der Waals surface area contributed by atoms with E-state index in [-0.39, 0.29) is 47.0 Å². The Morgan fingerprint density at radius 1 is 1.31 bits per heavy atom. The van der Waals surface area contributed by atoms with Crippen LogP contribution in [0.2, 0.25) is 0 Å². The number of carbonyl (C=O) groups is 3. The van der Waals surface area contributed by atoms with E-state index in [1.165, 1.54) is 26.2 Å². The minimum atomic E-state index is -0.615. The average Bonchev–Trinajstić information content (AvgIpc) is 3.05. The number of nitrogens with zero attached hydrogens (tertiary/aromatic N) is 2. The molecule has 2 fully saturated rings. The van der Waals surface area contributed by atoms with Gasteiger partial charge in [0, 0.05) is 31.6 Å². The van der Waals surface area contributed by atoms with Crippen LogP contribution in [0, 0.1) is 11.7 Å². The second-order valence-electron chi connectivity index (χ2n) is 8.23. The number of nitrogens with one attached hydrogen (secondary N) is 1. The Morgan fingerprint density at radius 3 is 2.62 bits per heavy atom. The monoisotopic (exact) mass is 405 g/mol. The minimum Gasteiger partial charge on any atom is -0.494 e. The first-order chi connectivity index (χ1) is 13.7. The van der Waals surface area contributed by atoms with Crippen molar-refractivity contribution in [3.05, 3.63) is 29.6 Å². The number of carbonyl (C=O) groups excluding carboxylic acids is 3. The molecule has 1 aromatic carbocycles. The molecule has 1 N–H and O–H groups in total. The zero-order valence-corrected chi connectivity index (χ0v) is 17.3. The van der Waals surface area contributed by atoms with Crippen molar-refractivity contribution in [2.75, 3.05) is 20.2 Å². The third kappa shape index (κ3) is 4.36. The maximum absolute atomic E-state index is 14.1. The van der Waals surface area contributed by atoms with Crippen LogP contribution in [-0.4, -0.2) is 65.8 Å². The molecular weight excluding hydrogens is 377 g/mol. The summed E-state index contributed by atoms with van der Waals surface area (Å²) in [4.78, 5) is 41.2. The Balaban J connectivity index is 1.87. The lowest BCUT2D eigenvalue weighted by Gasteiger charge is -2.43. The van der Waals surface area contributed by atoms with Gasteiger partial charge in [-0.2, -0.15) is 0 Å². The van der Waals surface area contributed by atoms with Crippen LogP contribution < -0.4 is 10.1 Å². The molecule has 0 saturated carbocycles. The van der Waals surface area contributed by atoms with Crippen LogP contribution in [0.25, 0.3) is 0 Å². The molecule has 3 atom stereocenters. The van der Waals surface area contributed by atoms with Gasteiger partial charge in [0.05, 0.1) is 13.2 Å². The third-order valence-electron chi connectivity index (χ3n) is 5.53. The smallest absolute Gasteiger partial charge is 0.254 e. The molecule has 3 amide bonds. The van der Waals surface area contributed by atoms with Gasteiger partial charge in [0.2, 0.25) is 11.8 Å². The zero-order chi connectivity index (χ0) is 21.3. The van der Waals surface area contributed by atoms with Crippen molar-refractivity contribution in [1.29, 1.82) is 0 Å². The normalized spacial score (nSPS) is 23.9. The quantitative estimate of drug-likeness (QED) is 0.810. The van der Waals surface area contributed by atoms with Crippen molar-refractivity contribution < 1.29 is 23.5 Å². The number of halogens is 1. The van der Waals surface area contributed by atoms with Crippen molar-refractivity contribution in [2.45, 2.75) is 51.7 Å². The van der Waals surface area contributed by atoms with E-state index >= 15 is 0 Å². The first-order valence-electron chi connectivity index (χ1n) is 9.93. The summed E-state index contributed by atoms with van der Waals surface area (Å²) >= 11 is 0. The molecule has 158 valence electrons. The summed E-state index contributed by atoms with van der Waals surface area (Å²) in [6.45, 7) is 6.27. The van der Waals surface area contributed by atoms with Gasteiger partial charge in [0.15, 0.2) is 11.6 Å². The molecular formula is C21H28FN3O4. The molecule has 0 aliphatic carbocycles. The SMILES string of the molecule is COc1ccc(C(=O)N2CC3CC(NC(C)=O)CN3C(=O)C2CC(C)C)cc1F. The number of amides is 3. The predicted molar refractivity (Wildman–Crippen MR) is 105 cm³/mol. The largest absolute Gasteiger partial charge is 0.494 e. The minimum absolute atomic E-state index is 0.0649. The standard InChI is InChI=1S/C21H28FN3O4/c1-12(2)7-18-21(28)24-10-15(23-13(3)26)9-16(24)11-25(18)20(27)14-5-6-19(29-4)17(22)8-14/h5-6,8,12,15-16,18H,7,9-11H2,1-4H3,(H,23,26). The van der Waals surface area contributed by atoms with E-state index in [1.54, 1.807) is 9.80 Å². The Labute approximate surface area is 170 Å². The lowest BCUT2D eigenvalue weighted by atomic mass is 9.96. The van der Waals surface area contributed by atoms with Crippen molar-refractivity contribution in [3.8, 4) is 5.75 Å². The van der Waals surface area contributed by atoms with Crippen LogP contribution in [0.15, 0.2) is 18.2 Å². The molecule has 2 aliphatic heterocycles. The number of piperazine rings is 1. The van der Waals surface area contributed by atoms with Gasteiger partial charge in [-0.1, -0.05) is 13.8 Å². The summed E-state index contributed by atoms with van der Waals surface area (Å²) in [6.07, 6.45) is 1.12.